The predicted molar refractivity (Wildman–Crippen MR) is 128 cm³/mol. The smallest absolute Gasteiger partial charge is 0.321 e. The molecule has 1 aliphatic heterocycles. The topological polar surface area (TPSA) is 70.7 Å². The van der Waals surface area contributed by atoms with Crippen molar-refractivity contribution >= 4 is 17.6 Å². The summed E-state index contributed by atoms with van der Waals surface area (Å²) in [6, 6.07) is 15.1. The summed E-state index contributed by atoms with van der Waals surface area (Å²) in [6.07, 6.45) is 2.91. The Morgan fingerprint density at radius 1 is 1.16 bits per heavy atom. The molecule has 2 aromatic rings. The molecule has 0 saturated carbocycles. The lowest BCUT2D eigenvalue weighted by Gasteiger charge is -2.33. The van der Waals surface area contributed by atoms with Gasteiger partial charge in [0.25, 0.3) is 5.91 Å². The molecule has 32 heavy (non-hydrogen) atoms. The summed E-state index contributed by atoms with van der Waals surface area (Å²) >= 11 is 0. The fourth-order valence-electron chi connectivity index (χ4n) is 3.95. The van der Waals surface area contributed by atoms with E-state index in [9.17, 15) is 9.59 Å². The molecule has 1 unspecified atom stereocenters. The Labute approximate surface area is 191 Å². The zero-order valence-electron chi connectivity index (χ0n) is 19.4. The summed E-state index contributed by atoms with van der Waals surface area (Å²) in [4.78, 5) is 27.2. The highest BCUT2D eigenvalue weighted by Gasteiger charge is 2.25. The first kappa shape index (κ1) is 23.6. The molecule has 2 N–H and O–H groups in total. The fraction of sp³-hybridized carbons (Fsp3) is 0.462. The van der Waals surface area contributed by atoms with Crippen molar-refractivity contribution in [1.29, 1.82) is 0 Å². The number of ether oxygens (including phenoxy) is 1. The molecular formula is C26H35N3O3. The normalized spacial score (nSPS) is 16.0. The van der Waals surface area contributed by atoms with E-state index >= 15 is 0 Å². The summed E-state index contributed by atoms with van der Waals surface area (Å²) in [7, 11) is 0. The summed E-state index contributed by atoms with van der Waals surface area (Å²) in [5.41, 5.74) is 2.54. The van der Waals surface area contributed by atoms with Crippen molar-refractivity contribution in [2.75, 3.05) is 31.6 Å². The molecule has 172 valence electrons. The van der Waals surface area contributed by atoms with Crippen LogP contribution in [0.1, 0.15) is 61.9 Å². The van der Waals surface area contributed by atoms with E-state index in [1.54, 1.807) is 0 Å². The number of hydrogen-bond acceptors (Lipinski definition) is 3. The van der Waals surface area contributed by atoms with Crippen molar-refractivity contribution in [3.05, 3.63) is 59.7 Å². The molecule has 1 atom stereocenters. The number of amides is 3. The van der Waals surface area contributed by atoms with Crippen LogP contribution in [0.2, 0.25) is 0 Å². The van der Waals surface area contributed by atoms with Gasteiger partial charge < -0.3 is 20.3 Å². The second-order valence-corrected chi connectivity index (χ2v) is 8.74. The Morgan fingerprint density at radius 3 is 2.66 bits per heavy atom. The number of rotatable bonds is 8. The molecule has 6 heteroatoms. The van der Waals surface area contributed by atoms with Crippen LogP contribution in [0, 0.1) is 5.92 Å². The van der Waals surface area contributed by atoms with Crippen LogP contribution >= 0.6 is 0 Å². The first-order valence-corrected chi connectivity index (χ1v) is 11.6. The van der Waals surface area contributed by atoms with E-state index in [1.165, 1.54) is 0 Å². The minimum absolute atomic E-state index is 0.0339. The average molecular weight is 438 g/mol. The first-order chi connectivity index (χ1) is 15.5. The second-order valence-electron chi connectivity index (χ2n) is 8.74. The van der Waals surface area contributed by atoms with Crippen molar-refractivity contribution in [3.63, 3.8) is 0 Å². The van der Waals surface area contributed by atoms with Gasteiger partial charge in [-0.25, -0.2) is 4.79 Å². The second kappa shape index (κ2) is 11.6. The number of carbonyl (C=O) groups is 2. The Morgan fingerprint density at radius 2 is 1.94 bits per heavy atom. The molecule has 0 spiro atoms. The number of likely N-dealkylation sites (tertiary alicyclic amines) is 1. The van der Waals surface area contributed by atoms with Gasteiger partial charge in [0.05, 0.1) is 6.61 Å². The third kappa shape index (κ3) is 6.74. The van der Waals surface area contributed by atoms with E-state index in [2.05, 4.69) is 30.5 Å². The Hall–Kier alpha value is -3.02. The molecule has 2 aromatic carbocycles. The number of nitrogens with zero attached hydrogens (tertiary/aromatic N) is 1. The molecule has 1 saturated heterocycles. The lowest BCUT2D eigenvalue weighted by molar-refractivity contribution is 0.0951. The number of carbonyl (C=O) groups excluding carboxylic acids is 2. The lowest BCUT2D eigenvalue weighted by Crippen LogP contribution is -2.41. The van der Waals surface area contributed by atoms with E-state index < -0.39 is 0 Å². The molecule has 6 nitrogen and oxygen atoms in total. The molecule has 0 bridgehead atoms. The first-order valence-electron chi connectivity index (χ1n) is 11.6. The molecular weight excluding hydrogens is 402 g/mol. The average Bonchev–Trinajstić information content (AvgIpc) is 2.80. The number of anilines is 1. The van der Waals surface area contributed by atoms with E-state index in [0.29, 0.717) is 31.2 Å². The standard InChI is InChI=1S/C26H35N3O3/c1-4-32-24-12-10-23(11-13-24)28-26(31)29-16-6-9-22(18-29)20-7-5-8-21(17-20)25(30)27-15-14-19(2)3/h5,7-8,10-13,17,19,22H,4,6,9,14-16,18H2,1-3H3,(H,27,30)(H,28,31). The highest BCUT2D eigenvalue weighted by Crippen LogP contribution is 2.28. The quantitative estimate of drug-likeness (QED) is 0.591. The maximum atomic E-state index is 12.8. The minimum Gasteiger partial charge on any atom is -0.494 e. The van der Waals surface area contributed by atoms with E-state index in [-0.39, 0.29) is 17.9 Å². The highest BCUT2D eigenvalue weighted by atomic mass is 16.5. The highest BCUT2D eigenvalue weighted by molar-refractivity contribution is 5.94. The van der Waals surface area contributed by atoms with Gasteiger partial charge in [-0.3, -0.25) is 4.79 Å². The van der Waals surface area contributed by atoms with Crippen molar-refractivity contribution in [3.8, 4) is 5.75 Å². The van der Waals surface area contributed by atoms with Crippen LogP contribution in [0.5, 0.6) is 5.75 Å². The molecule has 3 rings (SSSR count). The number of benzene rings is 2. The third-order valence-corrected chi connectivity index (χ3v) is 5.75. The molecule has 0 radical (unpaired) electrons. The Balaban J connectivity index is 1.59. The molecule has 0 aromatic heterocycles. The van der Waals surface area contributed by atoms with Gasteiger partial charge in [0, 0.05) is 36.8 Å². The van der Waals surface area contributed by atoms with Gasteiger partial charge in [-0.2, -0.15) is 0 Å². The fourth-order valence-corrected chi connectivity index (χ4v) is 3.95. The van der Waals surface area contributed by atoms with Gasteiger partial charge in [-0.15, -0.1) is 0 Å². The number of nitrogens with one attached hydrogen (secondary N) is 2. The van der Waals surface area contributed by atoms with Crippen molar-refractivity contribution in [1.82, 2.24) is 10.2 Å². The number of hydrogen-bond donors (Lipinski definition) is 2. The van der Waals surface area contributed by atoms with Gasteiger partial charge >= 0.3 is 6.03 Å². The summed E-state index contributed by atoms with van der Waals surface area (Å²) in [5.74, 6) is 1.53. The van der Waals surface area contributed by atoms with Crippen LogP contribution in [-0.4, -0.2) is 43.1 Å². The van der Waals surface area contributed by atoms with Crippen LogP contribution < -0.4 is 15.4 Å². The number of urea groups is 1. The van der Waals surface area contributed by atoms with Gasteiger partial charge in [0.2, 0.25) is 0 Å². The van der Waals surface area contributed by atoms with E-state index in [0.717, 1.165) is 42.8 Å². The maximum Gasteiger partial charge on any atom is 0.321 e. The molecule has 1 aliphatic rings. The Kier molecular flexibility index (Phi) is 8.54. The van der Waals surface area contributed by atoms with E-state index in [1.807, 2.05) is 54.3 Å². The molecule has 0 aliphatic carbocycles. The maximum absolute atomic E-state index is 12.8. The van der Waals surface area contributed by atoms with Crippen LogP contribution in [-0.2, 0) is 0 Å². The monoisotopic (exact) mass is 437 g/mol. The van der Waals surface area contributed by atoms with Crippen LogP contribution in [0.3, 0.4) is 0 Å². The summed E-state index contributed by atoms with van der Waals surface area (Å²) in [6.45, 7) is 8.90. The zero-order chi connectivity index (χ0) is 22.9. The minimum atomic E-state index is -0.0959. The van der Waals surface area contributed by atoms with Crippen LogP contribution in [0.25, 0.3) is 0 Å². The SMILES string of the molecule is CCOc1ccc(NC(=O)N2CCCC(c3cccc(C(=O)NCCC(C)C)c3)C2)cc1. The van der Waals surface area contributed by atoms with Gasteiger partial charge in [-0.1, -0.05) is 26.0 Å². The third-order valence-electron chi connectivity index (χ3n) is 5.75. The van der Waals surface area contributed by atoms with Crippen molar-refractivity contribution in [2.24, 2.45) is 5.92 Å². The molecule has 3 amide bonds. The largest absolute Gasteiger partial charge is 0.494 e. The van der Waals surface area contributed by atoms with Crippen LogP contribution in [0.15, 0.2) is 48.5 Å². The molecule has 1 heterocycles. The van der Waals surface area contributed by atoms with E-state index in [4.69, 9.17) is 4.74 Å². The van der Waals surface area contributed by atoms with Crippen molar-refractivity contribution in [2.45, 2.75) is 46.0 Å². The van der Waals surface area contributed by atoms with Crippen LogP contribution in [0.4, 0.5) is 10.5 Å². The summed E-state index contributed by atoms with van der Waals surface area (Å²) in [5, 5.41) is 5.99. The number of piperidine rings is 1. The van der Waals surface area contributed by atoms with Gasteiger partial charge in [-0.05, 0) is 74.1 Å². The Bertz CT molecular complexity index is 895. The van der Waals surface area contributed by atoms with Gasteiger partial charge in [0.1, 0.15) is 5.75 Å². The summed E-state index contributed by atoms with van der Waals surface area (Å²) < 4.78 is 5.45. The lowest BCUT2D eigenvalue weighted by atomic mass is 9.89. The molecule has 1 fully saturated rings. The predicted octanol–water partition coefficient (Wildman–Crippen LogP) is 5.27. The van der Waals surface area contributed by atoms with Gasteiger partial charge in [0.15, 0.2) is 0 Å². The van der Waals surface area contributed by atoms with Crippen molar-refractivity contribution < 1.29 is 14.3 Å². The zero-order valence-corrected chi connectivity index (χ0v) is 19.4.